The monoisotopic (exact) mass is 428 g/mol. The fourth-order valence-corrected chi connectivity index (χ4v) is 3.77. The van der Waals surface area contributed by atoms with E-state index in [4.69, 9.17) is 0 Å². The zero-order chi connectivity index (χ0) is 22.3. The van der Waals surface area contributed by atoms with Gasteiger partial charge >= 0.3 is 0 Å². The summed E-state index contributed by atoms with van der Waals surface area (Å²) in [6.07, 6.45) is 1.26. The van der Waals surface area contributed by atoms with Crippen LogP contribution in [-0.4, -0.2) is 39.6 Å². The molecule has 0 radical (unpaired) electrons. The Labute approximate surface area is 175 Å². The number of halogens is 2. The van der Waals surface area contributed by atoms with E-state index < -0.39 is 47.3 Å². The third-order valence-corrected chi connectivity index (χ3v) is 5.44. The summed E-state index contributed by atoms with van der Waals surface area (Å²) in [6.45, 7) is 1.44. The molecule has 2 aliphatic rings. The van der Waals surface area contributed by atoms with Crippen molar-refractivity contribution in [1.29, 1.82) is 0 Å². The van der Waals surface area contributed by atoms with Crippen LogP contribution in [0.25, 0.3) is 0 Å². The maximum atomic E-state index is 15.1. The lowest BCUT2D eigenvalue weighted by molar-refractivity contribution is -0.136. The topological polar surface area (TPSA) is 108 Å². The molecule has 160 valence electrons. The van der Waals surface area contributed by atoms with Gasteiger partial charge in [0, 0.05) is 17.5 Å². The Hall–Kier alpha value is -3.69. The fraction of sp³-hybridized carbons (Fsp3) is 0.286. The van der Waals surface area contributed by atoms with Crippen molar-refractivity contribution in [3.63, 3.8) is 0 Å². The van der Waals surface area contributed by atoms with Crippen LogP contribution in [-0.2, 0) is 16.1 Å². The van der Waals surface area contributed by atoms with Crippen LogP contribution in [0.1, 0.15) is 57.8 Å². The maximum Gasteiger partial charge on any atom is 0.255 e. The van der Waals surface area contributed by atoms with Crippen molar-refractivity contribution in [3.8, 4) is 0 Å². The third-order valence-electron chi connectivity index (χ3n) is 5.44. The van der Waals surface area contributed by atoms with Crippen molar-refractivity contribution in [2.75, 3.05) is 0 Å². The van der Waals surface area contributed by atoms with Gasteiger partial charge in [-0.25, -0.2) is 8.78 Å². The Kier molecular flexibility index (Phi) is 5.22. The van der Waals surface area contributed by atoms with Crippen LogP contribution in [0, 0.1) is 11.6 Å². The number of nitrogens with one attached hydrogen (secondary N) is 2. The number of piperidine rings is 1. The van der Waals surface area contributed by atoms with Gasteiger partial charge in [0.2, 0.25) is 11.8 Å². The molecule has 2 aromatic rings. The van der Waals surface area contributed by atoms with E-state index in [2.05, 4.69) is 15.6 Å². The zero-order valence-corrected chi connectivity index (χ0v) is 16.4. The molecule has 2 aliphatic heterocycles. The van der Waals surface area contributed by atoms with Crippen LogP contribution < -0.4 is 10.6 Å². The van der Waals surface area contributed by atoms with Gasteiger partial charge in [-0.15, -0.1) is 0 Å². The molecule has 1 aromatic heterocycles. The Morgan fingerprint density at radius 2 is 2.00 bits per heavy atom. The number of rotatable bonds is 4. The predicted octanol–water partition coefficient (Wildman–Crippen LogP) is 1.61. The molecule has 0 bridgehead atoms. The van der Waals surface area contributed by atoms with Gasteiger partial charge in [-0.2, -0.15) is 0 Å². The molecule has 0 spiro atoms. The summed E-state index contributed by atoms with van der Waals surface area (Å²) in [5.74, 6) is -3.63. The Bertz CT molecular complexity index is 1100. The van der Waals surface area contributed by atoms with Crippen molar-refractivity contribution >= 4 is 23.6 Å². The summed E-state index contributed by atoms with van der Waals surface area (Å²) >= 11 is 0. The Morgan fingerprint density at radius 1 is 1.23 bits per heavy atom. The molecule has 0 aliphatic carbocycles. The van der Waals surface area contributed by atoms with Crippen LogP contribution >= 0.6 is 0 Å². The summed E-state index contributed by atoms with van der Waals surface area (Å²) in [5.41, 5.74) is 0.239. The Balaban J connectivity index is 1.54. The number of amides is 4. The minimum atomic E-state index is -0.876. The average Bonchev–Trinajstić information content (AvgIpc) is 3.06. The molecule has 4 rings (SSSR count). The van der Waals surface area contributed by atoms with Gasteiger partial charge in [-0.1, -0.05) is 0 Å². The number of hydrogen-bond donors (Lipinski definition) is 2. The van der Waals surface area contributed by atoms with Crippen LogP contribution in [0.3, 0.4) is 0 Å². The van der Waals surface area contributed by atoms with Crippen molar-refractivity contribution in [2.45, 2.75) is 38.4 Å². The molecular weight excluding hydrogens is 410 g/mol. The van der Waals surface area contributed by atoms with E-state index in [-0.39, 0.29) is 36.1 Å². The second-order valence-corrected chi connectivity index (χ2v) is 7.45. The highest BCUT2D eigenvalue weighted by molar-refractivity contribution is 6.06. The first-order valence-corrected chi connectivity index (χ1v) is 9.64. The fourth-order valence-electron chi connectivity index (χ4n) is 3.77. The highest BCUT2D eigenvalue weighted by Gasteiger charge is 2.40. The number of benzene rings is 1. The summed E-state index contributed by atoms with van der Waals surface area (Å²) in [5, 5.41) is 4.78. The molecular formula is C21H18F2N4O4. The number of nitrogens with zero attached hydrogens (tertiary/aromatic N) is 2. The number of imide groups is 1. The van der Waals surface area contributed by atoms with Gasteiger partial charge in [-0.3, -0.25) is 29.5 Å². The van der Waals surface area contributed by atoms with E-state index >= 15 is 4.39 Å². The van der Waals surface area contributed by atoms with Crippen LogP contribution in [0.2, 0.25) is 0 Å². The SMILES string of the molecule is C[C@H](NC(=O)c1ccc2c(c1F)CN(C1CCC(=O)NC1=O)C2=O)c1ccc(F)cn1. The molecule has 31 heavy (non-hydrogen) atoms. The van der Waals surface area contributed by atoms with Gasteiger partial charge in [0.1, 0.15) is 17.7 Å². The van der Waals surface area contributed by atoms with Gasteiger partial charge in [0.05, 0.1) is 30.0 Å². The molecule has 8 nitrogen and oxygen atoms in total. The first-order valence-electron chi connectivity index (χ1n) is 9.64. The average molecular weight is 428 g/mol. The van der Waals surface area contributed by atoms with Gasteiger partial charge in [-0.05, 0) is 37.6 Å². The van der Waals surface area contributed by atoms with Crippen LogP contribution in [0.15, 0.2) is 30.5 Å². The predicted molar refractivity (Wildman–Crippen MR) is 103 cm³/mol. The second-order valence-electron chi connectivity index (χ2n) is 7.45. The molecule has 0 saturated carbocycles. The summed E-state index contributed by atoms with van der Waals surface area (Å²) < 4.78 is 28.2. The highest BCUT2D eigenvalue weighted by atomic mass is 19.1. The number of fused-ring (bicyclic) bond motifs is 1. The molecule has 10 heteroatoms. The number of pyridine rings is 1. The maximum absolute atomic E-state index is 15.1. The van der Waals surface area contributed by atoms with Gasteiger partial charge < -0.3 is 10.2 Å². The number of aromatic nitrogens is 1. The molecule has 1 aromatic carbocycles. The molecule has 1 saturated heterocycles. The van der Waals surface area contributed by atoms with E-state index in [1.807, 2.05) is 0 Å². The van der Waals surface area contributed by atoms with Crippen molar-refractivity contribution in [1.82, 2.24) is 20.5 Å². The van der Waals surface area contributed by atoms with Gasteiger partial charge in [0.25, 0.3) is 11.8 Å². The summed E-state index contributed by atoms with van der Waals surface area (Å²) in [4.78, 5) is 53.9. The smallest absolute Gasteiger partial charge is 0.255 e. The molecule has 1 fully saturated rings. The first-order chi connectivity index (χ1) is 14.8. The summed E-state index contributed by atoms with van der Waals surface area (Å²) in [6, 6.07) is 3.69. The van der Waals surface area contributed by atoms with E-state index in [1.54, 1.807) is 6.92 Å². The highest BCUT2D eigenvalue weighted by Crippen LogP contribution is 2.31. The molecule has 2 atom stereocenters. The zero-order valence-electron chi connectivity index (χ0n) is 16.4. The second kappa shape index (κ2) is 7.86. The standard InChI is InChI=1S/C21H18F2N4O4/c1-10(15-5-2-11(22)8-24-15)25-19(29)13-4-3-12-14(18(13)23)9-27(21(12)31)16-6-7-17(28)26-20(16)30/h2-5,8,10,16H,6-7,9H2,1H3,(H,25,29)(H,26,28,30)/t10-,16?/m0/s1. The minimum absolute atomic E-state index is 0.0231. The Morgan fingerprint density at radius 3 is 2.68 bits per heavy atom. The number of carbonyl (C=O) groups excluding carboxylic acids is 4. The lowest BCUT2D eigenvalue weighted by atomic mass is 10.0. The van der Waals surface area contributed by atoms with E-state index in [0.717, 1.165) is 6.20 Å². The quantitative estimate of drug-likeness (QED) is 0.720. The minimum Gasteiger partial charge on any atom is -0.344 e. The normalized spacial score (nSPS) is 19.1. The van der Waals surface area contributed by atoms with E-state index in [9.17, 15) is 23.6 Å². The van der Waals surface area contributed by atoms with Crippen LogP contribution in [0.4, 0.5) is 8.78 Å². The van der Waals surface area contributed by atoms with Crippen molar-refractivity contribution in [2.24, 2.45) is 0 Å². The van der Waals surface area contributed by atoms with Crippen molar-refractivity contribution in [3.05, 3.63) is 64.5 Å². The van der Waals surface area contributed by atoms with Crippen LogP contribution in [0.5, 0.6) is 0 Å². The van der Waals surface area contributed by atoms with Crippen molar-refractivity contribution < 1.29 is 28.0 Å². The van der Waals surface area contributed by atoms with Gasteiger partial charge in [0.15, 0.2) is 0 Å². The molecule has 1 unspecified atom stereocenters. The lowest BCUT2D eigenvalue weighted by Crippen LogP contribution is -2.52. The molecule has 2 N–H and O–H groups in total. The molecule has 4 amide bonds. The third kappa shape index (κ3) is 3.76. The largest absolute Gasteiger partial charge is 0.344 e. The lowest BCUT2D eigenvalue weighted by Gasteiger charge is -2.29. The number of carbonyl (C=O) groups is 4. The first kappa shape index (κ1) is 20.6. The number of hydrogen-bond acceptors (Lipinski definition) is 5. The summed E-state index contributed by atoms with van der Waals surface area (Å²) in [7, 11) is 0. The van der Waals surface area contributed by atoms with E-state index in [0.29, 0.717) is 5.69 Å². The molecule has 3 heterocycles. The van der Waals surface area contributed by atoms with E-state index in [1.165, 1.54) is 29.2 Å².